The molecule has 2 aromatic rings. The van der Waals surface area contributed by atoms with Gasteiger partial charge in [-0.15, -0.1) is 11.8 Å². The second kappa shape index (κ2) is 11.1. The lowest BCUT2D eigenvalue weighted by molar-refractivity contribution is 0.605. The Kier molecular flexibility index (Phi) is 9.10. The van der Waals surface area contributed by atoms with Crippen LogP contribution in [0.25, 0.3) is 10.9 Å². The molecule has 1 unspecified atom stereocenters. The fraction of sp³-hybridized carbons (Fsp3) is 0.579. The Morgan fingerprint density at radius 3 is 2.50 bits per heavy atom. The van der Waals surface area contributed by atoms with Crippen LogP contribution in [0.5, 0.6) is 0 Å². The third-order valence-electron chi connectivity index (χ3n) is 4.56. The minimum atomic E-state index is 0.673. The van der Waals surface area contributed by atoms with E-state index >= 15 is 0 Å². The molecule has 134 valence electrons. The Bertz CT molecular complexity index is 580. The van der Waals surface area contributed by atoms with Crippen molar-refractivity contribution in [2.45, 2.75) is 43.0 Å². The van der Waals surface area contributed by atoms with E-state index in [-0.39, 0.29) is 0 Å². The third kappa shape index (κ3) is 5.73. The first-order chi connectivity index (χ1) is 11.9. The minimum Gasteiger partial charge on any atom is -0.361 e. The molecule has 2 aliphatic heterocycles. The van der Waals surface area contributed by atoms with Crippen LogP contribution in [0.3, 0.4) is 0 Å². The highest BCUT2D eigenvalue weighted by atomic mass is 32.2. The summed E-state index contributed by atoms with van der Waals surface area (Å²) in [5.74, 6) is 0. The fourth-order valence-corrected chi connectivity index (χ4v) is 3.71. The summed E-state index contributed by atoms with van der Waals surface area (Å²) in [7, 11) is 0. The first kappa shape index (κ1) is 19.7. The molecule has 0 radical (unpaired) electrons. The van der Waals surface area contributed by atoms with Gasteiger partial charge in [-0.3, -0.25) is 0 Å². The molecule has 1 atom stereocenters. The van der Waals surface area contributed by atoms with Crippen molar-refractivity contribution in [1.82, 2.24) is 15.6 Å². The fourth-order valence-electron chi connectivity index (χ4n) is 3.27. The highest BCUT2D eigenvalue weighted by Crippen LogP contribution is 2.26. The SMILES string of the molecule is C1CCNC1.CS.CSc1ccc2[nH]cc(CC3CCCN3)c2c1. The molecule has 0 amide bonds. The van der Waals surface area contributed by atoms with E-state index in [2.05, 4.69) is 58.9 Å². The number of thioether (sulfide) groups is 1. The zero-order chi connectivity index (χ0) is 17.2. The van der Waals surface area contributed by atoms with Crippen molar-refractivity contribution in [3.05, 3.63) is 30.0 Å². The van der Waals surface area contributed by atoms with Crippen LogP contribution < -0.4 is 10.6 Å². The van der Waals surface area contributed by atoms with E-state index in [1.165, 1.54) is 66.7 Å². The number of thiol groups is 1. The zero-order valence-electron chi connectivity index (χ0n) is 14.9. The molecule has 0 bridgehead atoms. The Balaban J connectivity index is 0.000000252. The summed E-state index contributed by atoms with van der Waals surface area (Å²) < 4.78 is 0. The summed E-state index contributed by atoms with van der Waals surface area (Å²) in [4.78, 5) is 4.72. The Labute approximate surface area is 156 Å². The van der Waals surface area contributed by atoms with Gasteiger partial charge in [0.25, 0.3) is 0 Å². The monoisotopic (exact) mass is 365 g/mol. The first-order valence-electron chi connectivity index (χ1n) is 8.89. The van der Waals surface area contributed by atoms with Gasteiger partial charge in [0, 0.05) is 28.0 Å². The average molecular weight is 366 g/mol. The molecule has 24 heavy (non-hydrogen) atoms. The summed E-state index contributed by atoms with van der Waals surface area (Å²) in [6.45, 7) is 3.68. The number of hydrogen-bond acceptors (Lipinski definition) is 4. The van der Waals surface area contributed by atoms with E-state index in [9.17, 15) is 0 Å². The van der Waals surface area contributed by atoms with Crippen molar-refractivity contribution < 1.29 is 0 Å². The van der Waals surface area contributed by atoms with Crippen LogP contribution in [-0.4, -0.2) is 43.2 Å². The number of rotatable bonds is 3. The van der Waals surface area contributed by atoms with Crippen molar-refractivity contribution in [2.24, 2.45) is 0 Å². The van der Waals surface area contributed by atoms with E-state index in [1.807, 2.05) is 11.8 Å². The molecule has 3 heterocycles. The van der Waals surface area contributed by atoms with Crippen molar-refractivity contribution in [1.29, 1.82) is 0 Å². The largest absolute Gasteiger partial charge is 0.361 e. The van der Waals surface area contributed by atoms with Gasteiger partial charge >= 0.3 is 0 Å². The summed E-state index contributed by atoms with van der Waals surface area (Å²) in [5, 5.41) is 8.19. The van der Waals surface area contributed by atoms with Crippen LogP contribution in [0.15, 0.2) is 29.3 Å². The van der Waals surface area contributed by atoms with Crippen molar-refractivity contribution in [2.75, 3.05) is 32.1 Å². The molecule has 0 aliphatic carbocycles. The average Bonchev–Trinajstić information content (AvgIpc) is 3.41. The molecule has 0 spiro atoms. The van der Waals surface area contributed by atoms with Gasteiger partial charge in [0.05, 0.1) is 0 Å². The maximum atomic E-state index is 3.57. The van der Waals surface area contributed by atoms with E-state index < -0.39 is 0 Å². The van der Waals surface area contributed by atoms with E-state index in [0.717, 1.165) is 6.42 Å². The number of aromatic amines is 1. The summed E-state index contributed by atoms with van der Waals surface area (Å²) in [6, 6.07) is 7.35. The van der Waals surface area contributed by atoms with E-state index in [0.29, 0.717) is 6.04 Å². The van der Waals surface area contributed by atoms with Crippen molar-refractivity contribution in [3.8, 4) is 0 Å². The minimum absolute atomic E-state index is 0.673. The number of aromatic nitrogens is 1. The number of nitrogens with one attached hydrogen (secondary N) is 3. The van der Waals surface area contributed by atoms with Crippen LogP contribution in [-0.2, 0) is 6.42 Å². The van der Waals surface area contributed by atoms with Crippen LogP contribution in [0.2, 0.25) is 0 Å². The van der Waals surface area contributed by atoms with E-state index in [4.69, 9.17) is 0 Å². The smallest absolute Gasteiger partial charge is 0.0457 e. The second-order valence-electron chi connectivity index (χ2n) is 6.18. The van der Waals surface area contributed by atoms with Gasteiger partial charge in [0.15, 0.2) is 0 Å². The lowest BCUT2D eigenvalue weighted by Gasteiger charge is -2.09. The molecule has 5 heteroatoms. The molecule has 2 aliphatic rings. The third-order valence-corrected chi connectivity index (χ3v) is 5.29. The van der Waals surface area contributed by atoms with Crippen molar-refractivity contribution >= 4 is 35.3 Å². The molecule has 0 saturated carbocycles. The van der Waals surface area contributed by atoms with Gasteiger partial charge < -0.3 is 15.6 Å². The number of H-pyrrole nitrogens is 1. The Morgan fingerprint density at radius 2 is 1.92 bits per heavy atom. The molecule has 2 fully saturated rings. The van der Waals surface area contributed by atoms with Gasteiger partial charge in [0.1, 0.15) is 0 Å². The van der Waals surface area contributed by atoms with Gasteiger partial charge in [0.2, 0.25) is 0 Å². The van der Waals surface area contributed by atoms with Crippen molar-refractivity contribution in [3.63, 3.8) is 0 Å². The van der Waals surface area contributed by atoms with Crippen LogP contribution >= 0.6 is 24.4 Å². The summed E-state index contributed by atoms with van der Waals surface area (Å²) >= 11 is 5.34. The first-order valence-corrected chi connectivity index (χ1v) is 11.0. The lowest BCUT2D eigenvalue weighted by atomic mass is 10.0. The topological polar surface area (TPSA) is 39.9 Å². The second-order valence-corrected chi connectivity index (χ2v) is 7.06. The predicted molar refractivity (Wildman–Crippen MR) is 112 cm³/mol. The molecule has 1 aromatic heterocycles. The Morgan fingerprint density at radius 1 is 1.12 bits per heavy atom. The van der Waals surface area contributed by atoms with E-state index in [1.54, 1.807) is 6.26 Å². The lowest BCUT2D eigenvalue weighted by Crippen LogP contribution is -2.23. The molecule has 4 rings (SSSR count). The quantitative estimate of drug-likeness (QED) is 0.489. The predicted octanol–water partition coefficient (Wildman–Crippen LogP) is 4.10. The number of hydrogen-bond donors (Lipinski definition) is 4. The summed E-state index contributed by atoms with van der Waals surface area (Å²) in [6.07, 6.45) is 12.6. The molecule has 1 aromatic carbocycles. The highest BCUT2D eigenvalue weighted by molar-refractivity contribution is 7.98. The molecular weight excluding hydrogens is 334 g/mol. The van der Waals surface area contributed by atoms with Crippen LogP contribution in [0, 0.1) is 0 Å². The maximum Gasteiger partial charge on any atom is 0.0457 e. The zero-order valence-corrected chi connectivity index (χ0v) is 16.6. The molecule has 2 saturated heterocycles. The molecular formula is C19H31N3S2. The summed E-state index contributed by atoms with van der Waals surface area (Å²) in [5.41, 5.74) is 2.71. The van der Waals surface area contributed by atoms with Gasteiger partial charge in [-0.2, -0.15) is 12.6 Å². The normalized spacial score (nSPS) is 19.5. The van der Waals surface area contributed by atoms with Crippen LogP contribution in [0.1, 0.15) is 31.2 Å². The maximum absolute atomic E-state index is 3.57. The van der Waals surface area contributed by atoms with Crippen LogP contribution in [0.4, 0.5) is 0 Å². The molecule has 3 nitrogen and oxygen atoms in total. The van der Waals surface area contributed by atoms with Gasteiger partial charge in [-0.1, -0.05) is 0 Å². The number of fused-ring (bicyclic) bond motifs is 1. The van der Waals surface area contributed by atoms with Gasteiger partial charge in [-0.25, -0.2) is 0 Å². The Hall–Kier alpha value is -0.620. The van der Waals surface area contributed by atoms with Gasteiger partial charge in [-0.05, 0) is 88.0 Å². The number of benzene rings is 1. The standard InChI is InChI=1S/C14H18N2S.C4H9N.CH4S/c1-17-12-4-5-14-13(8-12)10(9-16-14)7-11-3-2-6-15-11;1-2-4-5-3-1;1-2/h4-5,8-9,11,15-16H,2-3,6-7H2,1H3;5H,1-4H2;2H,1H3. The molecule has 3 N–H and O–H groups in total. The highest BCUT2D eigenvalue weighted by Gasteiger charge is 2.16.